The zero-order chi connectivity index (χ0) is 19.3. The summed E-state index contributed by atoms with van der Waals surface area (Å²) in [7, 11) is 0. The van der Waals surface area contributed by atoms with E-state index < -0.39 is 35.7 Å². The summed E-state index contributed by atoms with van der Waals surface area (Å²) < 4.78 is 10.8. The highest BCUT2D eigenvalue weighted by molar-refractivity contribution is 6.04. The number of hydrogen-bond donors (Lipinski definition) is 0. The number of carbonyl (C=O) groups excluding carboxylic acids is 3. The van der Waals surface area contributed by atoms with E-state index in [1.807, 2.05) is 0 Å². The fourth-order valence-electron chi connectivity index (χ4n) is 3.33. The van der Waals surface area contributed by atoms with Crippen LogP contribution in [0.3, 0.4) is 0 Å². The first kappa shape index (κ1) is 19.6. The zero-order valence-corrected chi connectivity index (χ0v) is 15.0. The number of ether oxygens (including phenoxy) is 2. The summed E-state index contributed by atoms with van der Waals surface area (Å²) in [6, 6.07) is 2.16. The molecule has 1 aromatic rings. The lowest BCUT2D eigenvalue weighted by atomic mass is 9.70. The normalized spacial score (nSPS) is 25.1. The van der Waals surface area contributed by atoms with Crippen LogP contribution in [0.25, 0.3) is 0 Å². The van der Waals surface area contributed by atoms with Gasteiger partial charge in [-0.3, -0.25) is 14.6 Å². The zero-order valence-electron chi connectivity index (χ0n) is 15.0. The Labute approximate surface area is 151 Å². The summed E-state index contributed by atoms with van der Waals surface area (Å²) in [6.45, 7) is 5.22. The van der Waals surface area contributed by atoms with Gasteiger partial charge in [0.05, 0.1) is 19.1 Å². The third-order valence-electron chi connectivity index (χ3n) is 4.34. The number of aromatic nitrogens is 1. The number of hydrogen-bond acceptors (Lipinski definition) is 7. The van der Waals surface area contributed by atoms with Gasteiger partial charge in [0.1, 0.15) is 18.2 Å². The molecule has 2 heterocycles. The highest BCUT2D eigenvalue weighted by Gasteiger charge is 2.49. The lowest BCUT2D eigenvalue weighted by molar-refractivity contribution is -0.606. The predicted octanol–water partition coefficient (Wildman–Crippen LogP) is 0.804. The van der Waals surface area contributed by atoms with E-state index in [9.17, 15) is 19.6 Å². The van der Waals surface area contributed by atoms with Gasteiger partial charge < -0.3 is 19.5 Å². The molecule has 0 fully saturated rings. The van der Waals surface area contributed by atoms with Crippen molar-refractivity contribution in [3.8, 4) is 0 Å². The first-order valence-corrected chi connectivity index (χ1v) is 8.46. The molecule has 0 saturated heterocycles. The molecule has 140 valence electrons. The van der Waals surface area contributed by atoms with E-state index >= 15 is 0 Å². The molecule has 0 N–H and O–H groups in total. The van der Waals surface area contributed by atoms with Crippen molar-refractivity contribution in [3.63, 3.8) is 0 Å². The maximum Gasteiger partial charge on any atom is 0.315 e. The van der Waals surface area contributed by atoms with Crippen LogP contribution in [-0.2, 0) is 23.9 Å². The maximum atomic E-state index is 12.6. The number of esters is 2. The number of rotatable bonds is 6. The lowest BCUT2D eigenvalue weighted by Crippen LogP contribution is -2.47. The summed E-state index contributed by atoms with van der Waals surface area (Å²) in [4.78, 5) is 41.0. The molecule has 1 aliphatic rings. The highest BCUT2D eigenvalue weighted by atomic mass is 16.5. The molecule has 4 atom stereocenters. The van der Waals surface area contributed by atoms with E-state index in [0.29, 0.717) is 22.3 Å². The quantitative estimate of drug-likeness (QED) is 0.320. The Morgan fingerprint density at radius 3 is 2.50 bits per heavy atom. The van der Waals surface area contributed by atoms with E-state index in [1.165, 1.54) is 18.5 Å². The number of pyridine rings is 1. The number of nitrogens with zero attached hydrogens (tertiary/aromatic N) is 2. The van der Waals surface area contributed by atoms with Crippen LogP contribution in [0.4, 0.5) is 0 Å². The Balaban J connectivity index is 2.62. The van der Waals surface area contributed by atoms with E-state index in [1.54, 1.807) is 26.8 Å². The van der Waals surface area contributed by atoms with Gasteiger partial charge in [-0.2, -0.15) is 4.73 Å². The fraction of sp³-hybridized carbons (Fsp3) is 0.500. The molecule has 0 saturated carbocycles. The molecule has 8 nitrogen and oxygen atoms in total. The number of aldehydes is 1. The number of carbonyl (C=O) groups is 3. The Hall–Kier alpha value is -2.77. The molecular weight excluding hydrogens is 340 g/mol. The molecule has 1 aromatic heterocycles. The van der Waals surface area contributed by atoms with Crippen molar-refractivity contribution in [2.24, 2.45) is 16.8 Å². The fourth-order valence-corrected chi connectivity index (χ4v) is 3.33. The second kappa shape index (κ2) is 8.55. The van der Waals surface area contributed by atoms with Crippen LogP contribution in [0, 0.1) is 17.0 Å². The Bertz CT molecular complexity index is 717. The van der Waals surface area contributed by atoms with Gasteiger partial charge in [0.25, 0.3) is 0 Å². The predicted molar refractivity (Wildman–Crippen MR) is 91.4 cm³/mol. The van der Waals surface area contributed by atoms with E-state index in [2.05, 4.69) is 4.99 Å². The Morgan fingerprint density at radius 2 is 1.92 bits per heavy atom. The smallest absolute Gasteiger partial charge is 0.315 e. The van der Waals surface area contributed by atoms with Crippen molar-refractivity contribution in [1.29, 1.82) is 0 Å². The SMILES string of the molecule is CCOC(=O)C1C(C)=NC(C=O)C(C(=O)OCC)C1c1ccc[n+]([O-])c1. The van der Waals surface area contributed by atoms with E-state index in [-0.39, 0.29) is 13.2 Å². The van der Waals surface area contributed by atoms with Crippen molar-refractivity contribution in [2.45, 2.75) is 32.7 Å². The van der Waals surface area contributed by atoms with Crippen LogP contribution in [0.15, 0.2) is 29.5 Å². The van der Waals surface area contributed by atoms with Crippen LogP contribution < -0.4 is 4.73 Å². The Kier molecular flexibility index (Phi) is 6.43. The van der Waals surface area contributed by atoms with E-state index in [0.717, 1.165) is 0 Å². The van der Waals surface area contributed by atoms with Gasteiger partial charge >= 0.3 is 11.9 Å². The average molecular weight is 362 g/mol. The van der Waals surface area contributed by atoms with Gasteiger partial charge in [0.15, 0.2) is 12.4 Å². The van der Waals surface area contributed by atoms with Crippen LogP contribution in [0.2, 0.25) is 0 Å². The summed E-state index contributed by atoms with van der Waals surface area (Å²) in [5, 5.41) is 11.8. The second-order valence-electron chi connectivity index (χ2n) is 5.93. The highest BCUT2D eigenvalue weighted by Crippen LogP contribution is 2.40. The van der Waals surface area contributed by atoms with E-state index in [4.69, 9.17) is 9.47 Å². The lowest BCUT2D eigenvalue weighted by Gasteiger charge is -2.36. The first-order chi connectivity index (χ1) is 12.4. The van der Waals surface area contributed by atoms with Crippen molar-refractivity contribution in [2.75, 3.05) is 13.2 Å². The minimum absolute atomic E-state index is 0.122. The molecule has 26 heavy (non-hydrogen) atoms. The maximum absolute atomic E-state index is 12.6. The molecule has 8 heteroatoms. The molecule has 0 spiro atoms. The summed E-state index contributed by atoms with van der Waals surface area (Å²) in [5.41, 5.74) is 0.826. The largest absolute Gasteiger partial charge is 0.619 e. The van der Waals surface area contributed by atoms with Gasteiger partial charge in [-0.1, -0.05) is 0 Å². The third-order valence-corrected chi connectivity index (χ3v) is 4.34. The van der Waals surface area contributed by atoms with Crippen LogP contribution in [0.1, 0.15) is 32.3 Å². The van der Waals surface area contributed by atoms with Crippen molar-refractivity contribution in [1.82, 2.24) is 0 Å². The minimum Gasteiger partial charge on any atom is -0.619 e. The molecule has 4 unspecified atom stereocenters. The molecule has 1 aliphatic heterocycles. The van der Waals surface area contributed by atoms with Gasteiger partial charge in [-0.15, -0.1) is 0 Å². The second-order valence-corrected chi connectivity index (χ2v) is 5.93. The topological polar surface area (TPSA) is 109 Å². The Morgan fingerprint density at radius 1 is 1.27 bits per heavy atom. The first-order valence-electron chi connectivity index (χ1n) is 8.46. The monoisotopic (exact) mass is 362 g/mol. The number of aliphatic imine (C=N–C) groups is 1. The molecule has 2 rings (SSSR count). The van der Waals surface area contributed by atoms with Gasteiger partial charge in [-0.25, -0.2) is 0 Å². The third kappa shape index (κ3) is 3.89. The van der Waals surface area contributed by atoms with Gasteiger partial charge in [0.2, 0.25) is 0 Å². The van der Waals surface area contributed by atoms with Crippen molar-refractivity contribution < 1.29 is 28.6 Å². The van der Waals surface area contributed by atoms with Crippen molar-refractivity contribution in [3.05, 3.63) is 35.3 Å². The van der Waals surface area contributed by atoms with Crippen LogP contribution >= 0.6 is 0 Å². The molecule has 0 bridgehead atoms. The minimum atomic E-state index is -1.02. The summed E-state index contributed by atoms with van der Waals surface area (Å²) in [5.74, 6) is -3.89. The summed E-state index contributed by atoms with van der Waals surface area (Å²) in [6.07, 6.45) is 3.14. The molecule has 0 radical (unpaired) electrons. The molecule has 0 aromatic carbocycles. The van der Waals surface area contributed by atoms with Crippen molar-refractivity contribution >= 4 is 23.9 Å². The summed E-state index contributed by atoms with van der Waals surface area (Å²) >= 11 is 0. The standard InChI is InChI=1S/C18H22N2O6/c1-4-25-17(22)14-11(3)19-13(10-21)16(18(23)26-5-2)15(14)12-7-6-8-20(24)9-12/h6-10,13-16H,4-5H2,1-3H3. The molecular formula is C18H22N2O6. The van der Waals surface area contributed by atoms with Crippen LogP contribution in [0.5, 0.6) is 0 Å². The molecule has 0 amide bonds. The average Bonchev–Trinajstić information content (AvgIpc) is 2.60. The van der Waals surface area contributed by atoms with Gasteiger partial charge in [0, 0.05) is 23.3 Å². The molecule has 0 aliphatic carbocycles. The van der Waals surface area contributed by atoms with Gasteiger partial charge in [-0.05, 0) is 26.8 Å². The van der Waals surface area contributed by atoms with Crippen LogP contribution in [-0.4, -0.2) is 43.2 Å².